The second-order valence-corrected chi connectivity index (χ2v) is 4.66. The summed E-state index contributed by atoms with van der Waals surface area (Å²) in [4.78, 5) is 14.9. The standard InChI is InChI=1S/C9H10BrNO2S/c1-2-3-14-8-7(9(12)13)4-6(10)5-11-8/h4-5H,2-3H2,1H3,(H,12,13). The van der Waals surface area contributed by atoms with Crippen LogP contribution in [-0.4, -0.2) is 21.8 Å². The van der Waals surface area contributed by atoms with Crippen LogP contribution in [0.25, 0.3) is 0 Å². The molecule has 0 saturated carbocycles. The van der Waals surface area contributed by atoms with Crippen LogP contribution < -0.4 is 0 Å². The molecule has 0 saturated heterocycles. The average molecular weight is 276 g/mol. The van der Waals surface area contributed by atoms with E-state index in [1.165, 1.54) is 11.8 Å². The number of aromatic nitrogens is 1. The minimum absolute atomic E-state index is 0.262. The SMILES string of the molecule is CCCSc1ncc(Br)cc1C(=O)O. The normalized spacial score (nSPS) is 10.1. The van der Waals surface area contributed by atoms with Gasteiger partial charge in [-0.05, 0) is 34.2 Å². The second kappa shape index (κ2) is 5.36. The molecule has 0 aliphatic rings. The van der Waals surface area contributed by atoms with Gasteiger partial charge in [-0.25, -0.2) is 9.78 Å². The van der Waals surface area contributed by atoms with E-state index in [1.54, 1.807) is 12.3 Å². The summed E-state index contributed by atoms with van der Waals surface area (Å²) < 4.78 is 0.691. The molecule has 0 aromatic carbocycles. The number of nitrogens with zero attached hydrogens (tertiary/aromatic N) is 1. The summed E-state index contributed by atoms with van der Waals surface area (Å²) in [5, 5.41) is 9.50. The summed E-state index contributed by atoms with van der Waals surface area (Å²) in [6, 6.07) is 1.58. The number of carbonyl (C=O) groups is 1. The van der Waals surface area contributed by atoms with Crippen LogP contribution in [-0.2, 0) is 0 Å². The molecule has 76 valence electrons. The molecule has 0 atom stereocenters. The molecule has 0 aliphatic heterocycles. The highest BCUT2D eigenvalue weighted by Crippen LogP contribution is 2.23. The van der Waals surface area contributed by atoms with Crippen molar-refractivity contribution in [2.45, 2.75) is 18.4 Å². The van der Waals surface area contributed by atoms with Crippen LogP contribution in [0.3, 0.4) is 0 Å². The molecule has 1 N–H and O–H groups in total. The summed E-state index contributed by atoms with van der Waals surface area (Å²) in [6.07, 6.45) is 2.62. The first-order valence-corrected chi connectivity index (χ1v) is 5.94. The van der Waals surface area contributed by atoms with Gasteiger partial charge in [-0.2, -0.15) is 0 Å². The van der Waals surface area contributed by atoms with Gasteiger partial charge in [-0.1, -0.05) is 6.92 Å². The van der Waals surface area contributed by atoms with Crippen LogP contribution in [0.5, 0.6) is 0 Å². The van der Waals surface area contributed by atoms with Crippen LogP contribution in [0.1, 0.15) is 23.7 Å². The van der Waals surface area contributed by atoms with Crippen molar-refractivity contribution in [2.75, 3.05) is 5.75 Å². The lowest BCUT2D eigenvalue weighted by Crippen LogP contribution is -2.01. The third-order valence-corrected chi connectivity index (χ3v) is 3.14. The van der Waals surface area contributed by atoms with Gasteiger partial charge in [-0.3, -0.25) is 0 Å². The zero-order chi connectivity index (χ0) is 10.6. The maximum absolute atomic E-state index is 10.9. The topological polar surface area (TPSA) is 50.2 Å². The van der Waals surface area contributed by atoms with Gasteiger partial charge in [0.2, 0.25) is 0 Å². The molecule has 0 aliphatic carbocycles. The van der Waals surface area contributed by atoms with Crippen molar-refractivity contribution in [1.29, 1.82) is 0 Å². The summed E-state index contributed by atoms with van der Waals surface area (Å²) >= 11 is 4.67. The average Bonchev–Trinajstić information content (AvgIpc) is 2.15. The Hall–Kier alpha value is -0.550. The number of carboxylic acid groups (broad SMARTS) is 1. The van der Waals surface area contributed by atoms with Gasteiger partial charge < -0.3 is 5.11 Å². The van der Waals surface area contributed by atoms with E-state index in [4.69, 9.17) is 5.11 Å². The van der Waals surface area contributed by atoms with Crippen molar-refractivity contribution in [3.8, 4) is 0 Å². The lowest BCUT2D eigenvalue weighted by Gasteiger charge is -2.03. The Balaban J connectivity index is 2.96. The first-order chi connectivity index (χ1) is 6.65. The van der Waals surface area contributed by atoms with Crippen molar-refractivity contribution >= 4 is 33.7 Å². The van der Waals surface area contributed by atoms with Gasteiger partial charge in [0.1, 0.15) is 5.03 Å². The fraction of sp³-hybridized carbons (Fsp3) is 0.333. The summed E-state index contributed by atoms with van der Waals surface area (Å²) in [7, 11) is 0. The Kier molecular flexibility index (Phi) is 4.41. The van der Waals surface area contributed by atoms with Crippen LogP contribution >= 0.6 is 27.7 Å². The zero-order valence-electron chi connectivity index (χ0n) is 7.66. The van der Waals surface area contributed by atoms with E-state index in [0.29, 0.717) is 9.50 Å². The van der Waals surface area contributed by atoms with Gasteiger partial charge in [0, 0.05) is 10.7 Å². The number of rotatable bonds is 4. The fourth-order valence-electron chi connectivity index (χ4n) is 0.894. The van der Waals surface area contributed by atoms with E-state index < -0.39 is 5.97 Å². The van der Waals surface area contributed by atoms with Gasteiger partial charge >= 0.3 is 5.97 Å². The van der Waals surface area contributed by atoms with Crippen molar-refractivity contribution in [3.05, 3.63) is 22.3 Å². The van der Waals surface area contributed by atoms with E-state index in [-0.39, 0.29) is 5.56 Å². The van der Waals surface area contributed by atoms with Crippen LogP contribution in [0.4, 0.5) is 0 Å². The molecule has 1 rings (SSSR count). The highest BCUT2D eigenvalue weighted by atomic mass is 79.9. The summed E-state index contributed by atoms with van der Waals surface area (Å²) in [6.45, 7) is 2.05. The number of hydrogen-bond acceptors (Lipinski definition) is 3. The Morgan fingerprint density at radius 3 is 3.00 bits per heavy atom. The minimum atomic E-state index is -0.933. The van der Waals surface area contributed by atoms with E-state index >= 15 is 0 Å². The Morgan fingerprint density at radius 1 is 1.71 bits per heavy atom. The number of hydrogen-bond donors (Lipinski definition) is 1. The van der Waals surface area contributed by atoms with E-state index in [9.17, 15) is 4.79 Å². The van der Waals surface area contributed by atoms with Crippen LogP contribution in [0, 0.1) is 0 Å². The van der Waals surface area contributed by atoms with Crippen molar-refractivity contribution in [1.82, 2.24) is 4.98 Å². The molecule has 3 nitrogen and oxygen atoms in total. The van der Waals surface area contributed by atoms with Crippen molar-refractivity contribution in [3.63, 3.8) is 0 Å². The Labute approximate surface area is 95.1 Å². The Bertz CT molecular complexity index is 344. The first-order valence-electron chi connectivity index (χ1n) is 4.16. The molecular weight excluding hydrogens is 266 g/mol. The number of carboxylic acids is 1. The number of thioether (sulfide) groups is 1. The maximum atomic E-state index is 10.9. The van der Waals surface area contributed by atoms with Crippen LogP contribution in [0.2, 0.25) is 0 Å². The zero-order valence-corrected chi connectivity index (χ0v) is 10.1. The molecule has 14 heavy (non-hydrogen) atoms. The lowest BCUT2D eigenvalue weighted by molar-refractivity contribution is 0.0692. The molecule has 0 fully saturated rings. The van der Waals surface area contributed by atoms with E-state index in [2.05, 4.69) is 20.9 Å². The molecule has 1 aromatic heterocycles. The second-order valence-electron chi connectivity index (χ2n) is 2.66. The highest BCUT2D eigenvalue weighted by molar-refractivity contribution is 9.10. The van der Waals surface area contributed by atoms with E-state index in [0.717, 1.165) is 12.2 Å². The molecule has 1 aromatic rings. The lowest BCUT2D eigenvalue weighted by atomic mass is 10.3. The number of pyridine rings is 1. The van der Waals surface area contributed by atoms with Gasteiger partial charge in [-0.15, -0.1) is 11.8 Å². The summed E-state index contributed by atoms with van der Waals surface area (Å²) in [5.41, 5.74) is 0.262. The van der Waals surface area contributed by atoms with Crippen LogP contribution in [0.15, 0.2) is 21.8 Å². The predicted octanol–water partition coefficient (Wildman–Crippen LogP) is 3.04. The quantitative estimate of drug-likeness (QED) is 0.859. The molecule has 0 spiro atoms. The van der Waals surface area contributed by atoms with E-state index in [1.807, 2.05) is 6.92 Å². The largest absolute Gasteiger partial charge is 0.478 e. The number of halogens is 1. The van der Waals surface area contributed by atoms with Gasteiger partial charge in [0.25, 0.3) is 0 Å². The minimum Gasteiger partial charge on any atom is -0.478 e. The first kappa shape index (κ1) is 11.5. The van der Waals surface area contributed by atoms with Gasteiger partial charge in [0.15, 0.2) is 0 Å². The number of aromatic carboxylic acids is 1. The fourth-order valence-corrected chi connectivity index (χ4v) is 2.05. The molecule has 1 heterocycles. The monoisotopic (exact) mass is 275 g/mol. The highest BCUT2D eigenvalue weighted by Gasteiger charge is 2.11. The van der Waals surface area contributed by atoms with Crippen molar-refractivity contribution in [2.24, 2.45) is 0 Å². The predicted molar refractivity (Wildman–Crippen MR) is 59.9 cm³/mol. The molecular formula is C9H10BrNO2S. The van der Waals surface area contributed by atoms with Gasteiger partial charge in [0.05, 0.1) is 5.56 Å². The molecule has 0 bridgehead atoms. The van der Waals surface area contributed by atoms with Crippen molar-refractivity contribution < 1.29 is 9.90 Å². The third-order valence-electron chi connectivity index (χ3n) is 1.49. The maximum Gasteiger partial charge on any atom is 0.338 e. The third kappa shape index (κ3) is 2.99. The summed E-state index contributed by atoms with van der Waals surface area (Å²) in [5.74, 6) is -0.0491. The smallest absolute Gasteiger partial charge is 0.338 e. The molecule has 0 amide bonds. The molecule has 0 unspecified atom stereocenters. The molecule has 0 radical (unpaired) electrons. The molecule has 5 heteroatoms. The Morgan fingerprint density at radius 2 is 2.43 bits per heavy atom.